The quantitative estimate of drug-likeness (QED) is 0.248. The number of carbonyl (C=O) groups is 2. The van der Waals surface area contributed by atoms with Crippen LogP contribution in [-0.4, -0.2) is 65.3 Å². The molecule has 2 aliphatic heterocycles. The number of carbonyl (C=O) groups excluding carboxylic acids is 2. The topological polar surface area (TPSA) is 107 Å². The first-order chi connectivity index (χ1) is 23.4. The summed E-state index contributed by atoms with van der Waals surface area (Å²) in [6.07, 6.45) is 9.44. The Morgan fingerprint density at radius 3 is 2.80 bits per heavy atom. The van der Waals surface area contributed by atoms with Gasteiger partial charge in [0.05, 0.1) is 30.8 Å². The van der Waals surface area contributed by atoms with Crippen LogP contribution >= 0.6 is 27.5 Å². The van der Waals surface area contributed by atoms with Crippen LogP contribution in [0.15, 0.2) is 52.9 Å². The lowest BCUT2D eigenvalue weighted by Gasteiger charge is -2.46. The fourth-order valence-corrected chi connectivity index (χ4v) is 9.50. The van der Waals surface area contributed by atoms with E-state index in [2.05, 4.69) is 54.2 Å². The molecule has 2 amide bonds. The largest absolute Gasteiger partial charge is 0.490 e. The molecule has 1 spiro atoms. The van der Waals surface area contributed by atoms with E-state index in [1.165, 1.54) is 11.1 Å². The van der Waals surface area contributed by atoms with Gasteiger partial charge in [0.2, 0.25) is 0 Å². The number of alkyl halides is 1. The van der Waals surface area contributed by atoms with Crippen molar-refractivity contribution in [3.8, 4) is 5.75 Å². The molecule has 5 atom stereocenters. The van der Waals surface area contributed by atoms with Crippen LogP contribution in [0, 0.1) is 11.8 Å². The lowest BCUT2D eigenvalue weighted by molar-refractivity contribution is -0.00726. The molecule has 0 aromatic heterocycles. The Morgan fingerprint density at radius 2 is 2.04 bits per heavy atom. The number of ether oxygens (including phenoxy) is 3. The number of amides is 2. The second-order valence-corrected chi connectivity index (χ2v) is 18.0. The van der Waals surface area contributed by atoms with Crippen molar-refractivity contribution in [1.82, 2.24) is 4.72 Å². The fraction of sp³-hybridized carbons (Fsp3) is 0.568. The van der Waals surface area contributed by atoms with Gasteiger partial charge in [-0.15, -0.1) is 4.36 Å². The average Bonchev–Trinajstić information content (AvgIpc) is 3.16. The summed E-state index contributed by atoms with van der Waals surface area (Å²) in [5.74, 6) is 0.754. The van der Waals surface area contributed by atoms with Crippen LogP contribution in [-0.2, 0) is 31.2 Å². The van der Waals surface area contributed by atoms with Gasteiger partial charge in [0.1, 0.15) is 21.3 Å². The maximum Gasteiger partial charge on any atom is 0.420 e. The van der Waals surface area contributed by atoms with Gasteiger partial charge in [-0.1, -0.05) is 45.7 Å². The first-order valence-corrected chi connectivity index (χ1v) is 20.5. The third kappa shape index (κ3) is 8.48. The summed E-state index contributed by atoms with van der Waals surface area (Å²) in [5.41, 5.74) is 2.57. The van der Waals surface area contributed by atoms with Crippen molar-refractivity contribution in [3.05, 3.63) is 70.3 Å². The third-order valence-corrected chi connectivity index (χ3v) is 12.4. The molecule has 1 N–H and O–H groups in total. The van der Waals surface area contributed by atoms with Crippen molar-refractivity contribution >= 4 is 55.1 Å². The zero-order chi connectivity index (χ0) is 34.8. The number of anilines is 1. The molecule has 4 aliphatic rings. The molecule has 2 bridgehead atoms. The summed E-state index contributed by atoms with van der Waals surface area (Å²) in [7, 11) is -3.50. The molecule has 0 saturated heterocycles. The summed E-state index contributed by atoms with van der Waals surface area (Å²) in [6, 6.07) is 11.5. The maximum atomic E-state index is 14.1. The van der Waals surface area contributed by atoms with E-state index in [4.69, 9.17) is 25.8 Å². The Morgan fingerprint density at radius 1 is 1.20 bits per heavy atom. The van der Waals surface area contributed by atoms with Crippen LogP contribution in [0.2, 0.25) is 5.02 Å². The smallest absolute Gasteiger partial charge is 0.420 e. The first kappa shape index (κ1) is 36.2. The molecule has 2 aliphatic carbocycles. The highest BCUT2D eigenvalue weighted by Gasteiger charge is 2.44. The van der Waals surface area contributed by atoms with Crippen molar-refractivity contribution < 1.29 is 28.0 Å². The summed E-state index contributed by atoms with van der Waals surface area (Å²) < 4.78 is 39.1. The summed E-state index contributed by atoms with van der Waals surface area (Å²) in [4.78, 5) is 28.9. The van der Waals surface area contributed by atoms with Gasteiger partial charge in [-0.05, 0) is 119 Å². The summed E-state index contributed by atoms with van der Waals surface area (Å²) in [5, 5.41) is 1.48. The second-order valence-electron chi connectivity index (χ2n) is 14.7. The van der Waals surface area contributed by atoms with Gasteiger partial charge in [0.15, 0.2) is 0 Å². The normalized spacial score (nSPS) is 29.3. The molecule has 1 unspecified atom stereocenters. The Kier molecular flexibility index (Phi) is 11.0. The van der Waals surface area contributed by atoms with Crippen LogP contribution in [0.3, 0.4) is 0 Å². The van der Waals surface area contributed by atoms with Crippen molar-refractivity contribution in [2.24, 2.45) is 16.2 Å². The predicted molar refractivity (Wildman–Crippen MR) is 197 cm³/mol. The van der Waals surface area contributed by atoms with Gasteiger partial charge in [-0.25, -0.2) is 13.7 Å². The van der Waals surface area contributed by atoms with Crippen LogP contribution in [0.4, 0.5) is 10.5 Å². The van der Waals surface area contributed by atoms with E-state index in [0.29, 0.717) is 50.2 Å². The monoisotopic (exact) mass is 775 g/mol. The zero-order valence-electron chi connectivity index (χ0n) is 28.6. The van der Waals surface area contributed by atoms with Crippen molar-refractivity contribution in [2.75, 3.05) is 42.3 Å². The van der Waals surface area contributed by atoms with Crippen molar-refractivity contribution in [1.29, 1.82) is 0 Å². The van der Waals surface area contributed by atoms with E-state index < -0.39 is 27.5 Å². The Labute approximate surface area is 303 Å². The van der Waals surface area contributed by atoms with E-state index in [-0.39, 0.29) is 22.8 Å². The Hall–Kier alpha value is -2.60. The van der Waals surface area contributed by atoms with E-state index >= 15 is 0 Å². The number of benzene rings is 2. The zero-order valence-corrected chi connectivity index (χ0v) is 31.7. The molecule has 1 saturated carbocycles. The SMILES string of the molecule is CC(C)(C)OC(=O)NS1(=O)=NC(=O)c2ccc3c(c2)N(C[C@@H]2CC[C@H]2[C@@H](OCCBr)/C=C/CCC1)C[C@@]1(CCCc2cc(Cl)ccc21)CO3. The van der Waals surface area contributed by atoms with Gasteiger partial charge in [-0.2, -0.15) is 0 Å². The van der Waals surface area contributed by atoms with Gasteiger partial charge < -0.3 is 19.1 Å². The number of fused-ring (bicyclic) bond motifs is 4. The molecule has 49 heavy (non-hydrogen) atoms. The molecular formula is C37H47BrClN3O6S. The molecule has 266 valence electrons. The molecular weight excluding hydrogens is 730 g/mol. The molecule has 12 heteroatoms. The number of aryl methyl sites for hydroxylation is 1. The van der Waals surface area contributed by atoms with Crippen LogP contribution in [0.1, 0.15) is 80.8 Å². The highest BCUT2D eigenvalue weighted by atomic mass is 79.9. The second kappa shape index (κ2) is 14.9. The number of rotatable bonds is 4. The fourth-order valence-electron chi connectivity index (χ4n) is 7.65. The van der Waals surface area contributed by atoms with E-state index in [9.17, 15) is 13.8 Å². The molecule has 9 nitrogen and oxygen atoms in total. The Bertz CT molecular complexity index is 1720. The summed E-state index contributed by atoms with van der Waals surface area (Å²) in [6.45, 7) is 7.76. The van der Waals surface area contributed by atoms with E-state index in [1.807, 2.05) is 18.2 Å². The van der Waals surface area contributed by atoms with Gasteiger partial charge in [-0.3, -0.25) is 4.79 Å². The van der Waals surface area contributed by atoms with Crippen molar-refractivity contribution in [2.45, 2.75) is 82.8 Å². The number of allylic oxidation sites excluding steroid dienone is 1. The minimum absolute atomic E-state index is 0.00653. The number of nitrogens with zero attached hydrogens (tertiary/aromatic N) is 2. The van der Waals surface area contributed by atoms with Gasteiger partial charge in [0.25, 0.3) is 5.91 Å². The predicted octanol–water partition coefficient (Wildman–Crippen LogP) is 8.02. The minimum atomic E-state index is -3.50. The highest BCUT2D eigenvalue weighted by Crippen LogP contribution is 2.47. The molecule has 2 aromatic rings. The Balaban J connectivity index is 1.42. The number of halogens is 2. The molecule has 0 radical (unpaired) electrons. The van der Waals surface area contributed by atoms with E-state index in [0.717, 1.165) is 54.7 Å². The molecule has 2 heterocycles. The standard InChI is InChI=1S/C37H47BrClN3O6S/c1-36(2,3)48-35(44)41-49(45)19-6-4-5-9-32(46-18-17-38)29-13-10-27(29)22-42-23-37(16-7-8-25-20-28(39)12-14-30(25)37)24-47-33-15-11-26(21-31(33)42)34(43)40-49/h5,9,11-12,14-15,20-21,27,29,32H,4,6-8,10,13,16-19,22-24H2,1-3H3,(H,40,41,43,44,45)/b9-5+/t27-,29+,32-,37-,49?/m0/s1. The number of hydrogen-bond donors (Lipinski definition) is 1. The van der Waals surface area contributed by atoms with Crippen LogP contribution < -0.4 is 14.4 Å². The molecule has 1 fully saturated rings. The first-order valence-electron chi connectivity index (χ1n) is 17.3. The van der Waals surface area contributed by atoms with Crippen LogP contribution in [0.5, 0.6) is 5.75 Å². The minimum Gasteiger partial charge on any atom is -0.490 e. The average molecular weight is 777 g/mol. The number of hydrogen-bond acceptors (Lipinski definition) is 7. The van der Waals surface area contributed by atoms with Gasteiger partial charge >= 0.3 is 6.09 Å². The third-order valence-electron chi connectivity index (χ3n) is 10.0. The highest BCUT2D eigenvalue weighted by molar-refractivity contribution is 9.09. The summed E-state index contributed by atoms with van der Waals surface area (Å²) >= 11 is 9.97. The van der Waals surface area contributed by atoms with E-state index in [1.54, 1.807) is 26.8 Å². The molecule has 6 rings (SSSR count). The molecule has 2 aromatic carbocycles. The van der Waals surface area contributed by atoms with Crippen LogP contribution in [0.25, 0.3) is 0 Å². The maximum absolute atomic E-state index is 14.1. The number of nitrogens with one attached hydrogen (secondary N) is 1. The lowest BCUT2D eigenvalue weighted by Crippen LogP contribution is -2.49. The van der Waals surface area contributed by atoms with Crippen molar-refractivity contribution in [3.63, 3.8) is 0 Å². The lowest BCUT2D eigenvalue weighted by atomic mass is 9.68. The van der Waals surface area contributed by atoms with Gasteiger partial charge in [0, 0.05) is 34.4 Å².